The molecule has 0 bridgehead atoms. The molecule has 2 nitrogen and oxygen atoms in total. The molecule has 64 valence electrons. The van der Waals surface area contributed by atoms with Crippen LogP contribution in [-0.2, 0) is 0 Å². The number of hydrogen-bond acceptors (Lipinski definition) is 2. The minimum atomic E-state index is 0.506. The van der Waals surface area contributed by atoms with Crippen molar-refractivity contribution >= 4 is 5.69 Å². The zero-order valence-electron chi connectivity index (χ0n) is 7.54. The summed E-state index contributed by atoms with van der Waals surface area (Å²) in [6.07, 6.45) is 1.14. The lowest BCUT2D eigenvalue weighted by Gasteiger charge is -2.13. The highest BCUT2D eigenvalue weighted by Crippen LogP contribution is 2.32. The number of fused-ring (bicyclic) bond motifs is 1. The summed E-state index contributed by atoms with van der Waals surface area (Å²) in [5.74, 6) is 0. The molecule has 0 saturated heterocycles. The van der Waals surface area contributed by atoms with Crippen molar-refractivity contribution in [2.24, 2.45) is 0 Å². The van der Waals surface area contributed by atoms with E-state index in [-0.39, 0.29) is 0 Å². The SMILES string of the molecule is CCC1NN(C)c2ccccc21. The molecule has 0 aliphatic carbocycles. The zero-order valence-corrected chi connectivity index (χ0v) is 7.54. The molecule has 12 heavy (non-hydrogen) atoms. The van der Waals surface area contributed by atoms with E-state index in [1.165, 1.54) is 11.3 Å². The third-order valence-electron chi connectivity index (χ3n) is 2.43. The molecular formula is C10H14N2. The van der Waals surface area contributed by atoms with Gasteiger partial charge in [0, 0.05) is 7.05 Å². The van der Waals surface area contributed by atoms with Gasteiger partial charge < -0.3 is 5.01 Å². The minimum Gasteiger partial charge on any atom is -0.311 e. The molecule has 0 saturated carbocycles. The molecule has 1 aliphatic rings. The number of hydrazine groups is 1. The molecule has 0 fully saturated rings. The molecule has 0 amide bonds. The van der Waals surface area contributed by atoms with E-state index < -0.39 is 0 Å². The zero-order chi connectivity index (χ0) is 8.55. The third kappa shape index (κ3) is 0.994. The molecule has 2 heteroatoms. The first-order valence-electron chi connectivity index (χ1n) is 4.41. The number of nitrogens with one attached hydrogen (secondary N) is 1. The molecule has 0 radical (unpaired) electrons. The molecule has 1 N–H and O–H groups in total. The Labute approximate surface area is 73.2 Å². The lowest BCUT2D eigenvalue weighted by atomic mass is 10.1. The highest BCUT2D eigenvalue weighted by molar-refractivity contribution is 5.57. The second-order valence-corrected chi connectivity index (χ2v) is 3.21. The van der Waals surface area contributed by atoms with Gasteiger partial charge in [0.05, 0.1) is 11.7 Å². The van der Waals surface area contributed by atoms with Crippen molar-refractivity contribution in [1.82, 2.24) is 5.43 Å². The van der Waals surface area contributed by atoms with Crippen molar-refractivity contribution in [3.63, 3.8) is 0 Å². The number of nitrogens with zero attached hydrogens (tertiary/aromatic N) is 1. The largest absolute Gasteiger partial charge is 0.311 e. The highest BCUT2D eigenvalue weighted by Gasteiger charge is 2.22. The van der Waals surface area contributed by atoms with Gasteiger partial charge in [-0.2, -0.15) is 0 Å². The monoisotopic (exact) mass is 162 g/mol. The fourth-order valence-electron chi connectivity index (χ4n) is 1.77. The van der Waals surface area contributed by atoms with Crippen LogP contribution in [0.1, 0.15) is 24.9 Å². The maximum absolute atomic E-state index is 3.40. The Balaban J connectivity index is 2.43. The van der Waals surface area contributed by atoms with E-state index in [1.807, 2.05) is 0 Å². The van der Waals surface area contributed by atoms with Crippen LogP contribution in [0.15, 0.2) is 24.3 Å². The van der Waals surface area contributed by atoms with Gasteiger partial charge in [-0.3, -0.25) is 0 Å². The molecule has 1 aliphatic heterocycles. The summed E-state index contributed by atoms with van der Waals surface area (Å²) in [5.41, 5.74) is 6.13. The Morgan fingerprint density at radius 1 is 1.42 bits per heavy atom. The Kier molecular flexibility index (Phi) is 1.77. The van der Waals surface area contributed by atoms with Crippen molar-refractivity contribution in [2.75, 3.05) is 12.1 Å². The average molecular weight is 162 g/mol. The van der Waals surface area contributed by atoms with E-state index in [4.69, 9.17) is 0 Å². The first kappa shape index (κ1) is 7.62. The highest BCUT2D eigenvalue weighted by atomic mass is 15.5. The number of hydrogen-bond donors (Lipinski definition) is 1. The molecule has 1 unspecified atom stereocenters. The van der Waals surface area contributed by atoms with Crippen LogP contribution in [0.2, 0.25) is 0 Å². The van der Waals surface area contributed by atoms with Gasteiger partial charge >= 0.3 is 0 Å². The molecule has 1 aromatic rings. The lowest BCUT2D eigenvalue weighted by molar-refractivity contribution is 0.556. The normalized spacial score (nSPS) is 21.2. The van der Waals surface area contributed by atoms with Crippen molar-refractivity contribution in [2.45, 2.75) is 19.4 Å². The molecule has 1 heterocycles. The maximum atomic E-state index is 3.40. The van der Waals surface area contributed by atoms with Crippen LogP contribution in [-0.4, -0.2) is 7.05 Å². The van der Waals surface area contributed by atoms with E-state index in [0.29, 0.717) is 6.04 Å². The Morgan fingerprint density at radius 3 is 2.92 bits per heavy atom. The van der Waals surface area contributed by atoms with Crippen LogP contribution in [0.5, 0.6) is 0 Å². The van der Waals surface area contributed by atoms with Crippen LogP contribution >= 0.6 is 0 Å². The van der Waals surface area contributed by atoms with Crippen molar-refractivity contribution in [3.05, 3.63) is 29.8 Å². The van der Waals surface area contributed by atoms with Crippen LogP contribution in [0.3, 0.4) is 0 Å². The Bertz CT molecular complexity index is 283. The van der Waals surface area contributed by atoms with Crippen molar-refractivity contribution in [3.8, 4) is 0 Å². The predicted octanol–water partition coefficient (Wildman–Crippen LogP) is 2.09. The molecule has 1 atom stereocenters. The summed E-state index contributed by atoms with van der Waals surface area (Å²) in [4.78, 5) is 0. The maximum Gasteiger partial charge on any atom is 0.0565 e. The van der Waals surface area contributed by atoms with Crippen LogP contribution in [0.25, 0.3) is 0 Å². The van der Waals surface area contributed by atoms with Gasteiger partial charge in [0.15, 0.2) is 0 Å². The van der Waals surface area contributed by atoms with E-state index >= 15 is 0 Å². The van der Waals surface area contributed by atoms with Gasteiger partial charge in [-0.25, -0.2) is 5.43 Å². The smallest absolute Gasteiger partial charge is 0.0565 e. The standard InChI is InChI=1S/C10H14N2/c1-3-9-8-6-4-5-7-10(8)12(2)11-9/h4-7,9,11H,3H2,1-2H3. The molecular weight excluding hydrogens is 148 g/mol. The fourth-order valence-corrected chi connectivity index (χ4v) is 1.77. The Hall–Kier alpha value is -1.02. The van der Waals surface area contributed by atoms with Gasteiger partial charge in [0.25, 0.3) is 0 Å². The topological polar surface area (TPSA) is 15.3 Å². The van der Waals surface area contributed by atoms with Crippen molar-refractivity contribution < 1.29 is 0 Å². The predicted molar refractivity (Wildman–Crippen MR) is 51.0 cm³/mol. The quantitative estimate of drug-likeness (QED) is 0.680. The number of rotatable bonds is 1. The minimum absolute atomic E-state index is 0.506. The summed E-state index contributed by atoms with van der Waals surface area (Å²) in [6, 6.07) is 9.03. The van der Waals surface area contributed by atoms with Gasteiger partial charge in [0.1, 0.15) is 0 Å². The van der Waals surface area contributed by atoms with Gasteiger partial charge in [-0.05, 0) is 18.1 Å². The summed E-state index contributed by atoms with van der Waals surface area (Å²) in [7, 11) is 2.06. The fraction of sp³-hybridized carbons (Fsp3) is 0.400. The molecule has 0 spiro atoms. The van der Waals surface area contributed by atoms with Crippen LogP contribution in [0.4, 0.5) is 5.69 Å². The second kappa shape index (κ2) is 2.79. The van der Waals surface area contributed by atoms with E-state index in [9.17, 15) is 0 Å². The summed E-state index contributed by atoms with van der Waals surface area (Å²) < 4.78 is 0. The Morgan fingerprint density at radius 2 is 2.17 bits per heavy atom. The van der Waals surface area contributed by atoms with Crippen molar-refractivity contribution in [1.29, 1.82) is 0 Å². The van der Waals surface area contributed by atoms with Crippen LogP contribution < -0.4 is 10.4 Å². The van der Waals surface area contributed by atoms with Gasteiger partial charge in [-0.1, -0.05) is 25.1 Å². The summed E-state index contributed by atoms with van der Waals surface area (Å²) in [6.45, 7) is 2.20. The third-order valence-corrected chi connectivity index (χ3v) is 2.43. The number of para-hydroxylation sites is 1. The summed E-state index contributed by atoms with van der Waals surface area (Å²) >= 11 is 0. The van der Waals surface area contributed by atoms with E-state index in [1.54, 1.807) is 0 Å². The lowest BCUT2D eigenvalue weighted by Crippen LogP contribution is -2.29. The first-order valence-corrected chi connectivity index (χ1v) is 4.41. The van der Waals surface area contributed by atoms with E-state index in [2.05, 4.69) is 48.7 Å². The second-order valence-electron chi connectivity index (χ2n) is 3.21. The van der Waals surface area contributed by atoms with E-state index in [0.717, 1.165) is 6.42 Å². The van der Waals surface area contributed by atoms with Gasteiger partial charge in [0.2, 0.25) is 0 Å². The number of anilines is 1. The molecule has 1 aromatic carbocycles. The number of benzene rings is 1. The van der Waals surface area contributed by atoms with Gasteiger partial charge in [-0.15, -0.1) is 0 Å². The molecule has 0 aromatic heterocycles. The summed E-state index contributed by atoms with van der Waals surface area (Å²) in [5, 5.41) is 2.10. The first-order chi connectivity index (χ1) is 5.83. The van der Waals surface area contributed by atoms with Crippen LogP contribution in [0, 0.1) is 0 Å². The average Bonchev–Trinajstić information content (AvgIpc) is 2.44. The molecule has 2 rings (SSSR count).